The zero-order chi connectivity index (χ0) is 17.1. The zero-order valence-electron chi connectivity index (χ0n) is 14.5. The number of carbonyl (C=O) groups excluding carboxylic acids is 1. The number of rotatable bonds is 4. The van der Waals surface area contributed by atoms with Gasteiger partial charge in [0.1, 0.15) is 0 Å². The lowest BCUT2D eigenvalue weighted by molar-refractivity contribution is -0.129. The molecule has 1 aliphatic rings. The molecule has 6 heteroatoms. The van der Waals surface area contributed by atoms with Crippen LogP contribution in [0.3, 0.4) is 0 Å². The van der Waals surface area contributed by atoms with Crippen molar-refractivity contribution in [1.82, 2.24) is 19.7 Å². The average molecular weight is 344 g/mol. The maximum absolute atomic E-state index is 12.4. The first-order chi connectivity index (χ1) is 11.6. The number of hydrogen-bond donors (Lipinski definition) is 0. The van der Waals surface area contributed by atoms with E-state index in [2.05, 4.69) is 30.1 Å². The van der Waals surface area contributed by atoms with Crippen molar-refractivity contribution < 1.29 is 4.79 Å². The Hall–Kier alpha value is -1.82. The van der Waals surface area contributed by atoms with Gasteiger partial charge in [-0.15, -0.1) is 10.2 Å². The van der Waals surface area contributed by atoms with Gasteiger partial charge < -0.3 is 9.47 Å². The second-order valence-electron chi connectivity index (χ2n) is 6.53. The van der Waals surface area contributed by atoms with Crippen molar-refractivity contribution in [2.24, 2.45) is 13.0 Å². The first kappa shape index (κ1) is 17.0. The summed E-state index contributed by atoms with van der Waals surface area (Å²) < 4.78 is 1.97. The van der Waals surface area contributed by atoms with E-state index in [9.17, 15) is 4.79 Å². The Morgan fingerprint density at radius 1 is 1.25 bits per heavy atom. The molecular weight excluding hydrogens is 320 g/mol. The Bertz CT molecular complexity index is 720. The Morgan fingerprint density at radius 2 is 1.96 bits per heavy atom. The molecule has 24 heavy (non-hydrogen) atoms. The summed E-state index contributed by atoms with van der Waals surface area (Å²) in [7, 11) is 1.96. The summed E-state index contributed by atoms with van der Waals surface area (Å²) in [5.74, 6) is 2.20. The number of amides is 1. The fourth-order valence-corrected chi connectivity index (χ4v) is 3.79. The van der Waals surface area contributed by atoms with Crippen molar-refractivity contribution in [3.63, 3.8) is 0 Å². The van der Waals surface area contributed by atoms with Gasteiger partial charge in [0, 0.05) is 25.7 Å². The maximum Gasteiger partial charge on any atom is 0.233 e. The van der Waals surface area contributed by atoms with Gasteiger partial charge in [-0.2, -0.15) is 0 Å². The van der Waals surface area contributed by atoms with Crippen LogP contribution in [-0.2, 0) is 11.8 Å². The second-order valence-corrected chi connectivity index (χ2v) is 7.47. The third-order valence-corrected chi connectivity index (χ3v) is 5.69. The van der Waals surface area contributed by atoms with E-state index in [1.807, 2.05) is 34.7 Å². The van der Waals surface area contributed by atoms with E-state index in [1.165, 1.54) is 17.3 Å². The lowest BCUT2D eigenvalue weighted by Crippen LogP contribution is -2.38. The average Bonchev–Trinajstić information content (AvgIpc) is 2.94. The fraction of sp³-hybridized carbons (Fsp3) is 0.500. The van der Waals surface area contributed by atoms with Gasteiger partial charge in [0.2, 0.25) is 5.91 Å². The van der Waals surface area contributed by atoms with E-state index in [1.54, 1.807) is 0 Å². The molecule has 2 aromatic rings. The van der Waals surface area contributed by atoms with Gasteiger partial charge in [0.15, 0.2) is 11.0 Å². The number of piperidine rings is 1. The van der Waals surface area contributed by atoms with Crippen molar-refractivity contribution in [2.75, 3.05) is 18.8 Å². The molecule has 0 aliphatic carbocycles. The van der Waals surface area contributed by atoms with Crippen LogP contribution in [0.5, 0.6) is 0 Å². The Labute approximate surface area is 147 Å². The van der Waals surface area contributed by atoms with Gasteiger partial charge >= 0.3 is 0 Å². The van der Waals surface area contributed by atoms with Crippen molar-refractivity contribution >= 4 is 17.7 Å². The highest BCUT2D eigenvalue weighted by molar-refractivity contribution is 7.99. The van der Waals surface area contributed by atoms with Gasteiger partial charge in [-0.1, -0.05) is 43.0 Å². The summed E-state index contributed by atoms with van der Waals surface area (Å²) in [6.45, 7) is 6.09. The summed E-state index contributed by atoms with van der Waals surface area (Å²) >= 11 is 1.47. The lowest BCUT2D eigenvalue weighted by atomic mass is 9.99. The molecule has 5 nitrogen and oxygen atoms in total. The molecule has 1 fully saturated rings. The molecule has 0 radical (unpaired) electrons. The molecule has 1 aromatic carbocycles. The largest absolute Gasteiger partial charge is 0.342 e. The minimum absolute atomic E-state index is 0.201. The molecule has 0 atom stereocenters. The third-order valence-electron chi connectivity index (χ3n) is 4.68. The van der Waals surface area contributed by atoms with E-state index in [0.29, 0.717) is 5.75 Å². The molecule has 3 rings (SSSR count). The topological polar surface area (TPSA) is 51.0 Å². The summed E-state index contributed by atoms with van der Waals surface area (Å²) in [5, 5.41) is 9.37. The SMILES string of the molecule is Cc1ccccc1-c1nnc(SCC(=O)N2CCC(C)CC2)n1C. The highest BCUT2D eigenvalue weighted by Gasteiger charge is 2.21. The summed E-state index contributed by atoms with van der Waals surface area (Å²) in [4.78, 5) is 14.3. The van der Waals surface area contributed by atoms with Gasteiger partial charge in [0.25, 0.3) is 0 Å². The normalized spacial score (nSPS) is 15.7. The van der Waals surface area contributed by atoms with Crippen LogP contribution in [-0.4, -0.2) is 44.4 Å². The van der Waals surface area contributed by atoms with Crippen molar-refractivity contribution in [2.45, 2.75) is 31.8 Å². The molecular formula is C18H24N4OS. The predicted octanol–water partition coefficient (Wildman–Crippen LogP) is 3.14. The predicted molar refractivity (Wildman–Crippen MR) is 96.9 cm³/mol. The molecule has 0 unspecified atom stereocenters. The molecule has 1 amide bonds. The number of benzene rings is 1. The molecule has 1 aliphatic heterocycles. The number of carbonyl (C=O) groups is 1. The maximum atomic E-state index is 12.4. The van der Waals surface area contributed by atoms with Crippen molar-refractivity contribution in [1.29, 1.82) is 0 Å². The van der Waals surface area contributed by atoms with Crippen LogP contribution in [0, 0.1) is 12.8 Å². The van der Waals surface area contributed by atoms with Crippen LogP contribution >= 0.6 is 11.8 Å². The van der Waals surface area contributed by atoms with Gasteiger partial charge in [-0.05, 0) is 31.2 Å². The number of aromatic nitrogens is 3. The first-order valence-corrected chi connectivity index (χ1v) is 9.40. The molecule has 1 saturated heterocycles. The number of aryl methyl sites for hydroxylation is 1. The summed E-state index contributed by atoms with van der Waals surface area (Å²) in [6.07, 6.45) is 2.22. The Balaban J connectivity index is 1.65. The third kappa shape index (κ3) is 3.64. The molecule has 128 valence electrons. The van der Waals surface area contributed by atoms with E-state index in [4.69, 9.17) is 0 Å². The lowest BCUT2D eigenvalue weighted by Gasteiger charge is -2.30. The highest BCUT2D eigenvalue weighted by atomic mass is 32.2. The van der Waals surface area contributed by atoms with Gasteiger partial charge in [-0.25, -0.2) is 0 Å². The van der Waals surface area contributed by atoms with Crippen LogP contribution in [0.4, 0.5) is 0 Å². The van der Waals surface area contributed by atoms with Crippen LogP contribution < -0.4 is 0 Å². The zero-order valence-corrected chi connectivity index (χ0v) is 15.3. The summed E-state index contributed by atoms with van der Waals surface area (Å²) in [5.41, 5.74) is 2.25. The molecule has 1 aromatic heterocycles. The first-order valence-electron chi connectivity index (χ1n) is 8.42. The number of thioether (sulfide) groups is 1. The minimum Gasteiger partial charge on any atom is -0.342 e. The van der Waals surface area contributed by atoms with Crippen molar-refractivity contribution in [3.05, 3.63) is 29.8 Å². The quantitative estimate of drug-likeness (QED) is 0.800. The van der Waals surface area contributed by atoms with Crippen LogP contribution in [0.25, 0.3) is 11.4 Å². The minimum atomic E-state index is 0.201. The molecule has 0 bridgehead atoms. The van der Waals surface area contributed by atoms with Crippen molar-refractivity contribution in [3.8, 4) is 11.4 Å². The van der Waals surface area contributed by atoms with E-state index in [-0.39, 0.29) is 5.91 Å². The number of nitrogens with zero attached hydrogens (tertiary/aromatic N) is 4. The number of likely N-dealkylation sites (tertiary alicyclic amines) is 1. The standard InChI is InChI=1S/C18H24N4OS/c1-13-8-10-22(11-9-13)16(23)12-24-18-20-19-17(21(18)3)15-7-5-4-6-14(15)2/h4-7,13H,8-12H2,1-3H3. The second kappa shape index (κ2) is 7.38. The highest BCUT2D eigenvalue weighted by Crippen LogP contribution is 2.25. The van der Waals surface area contributed by atoms with E-state index in [0.717, 1.165) is 48.4 Å². The molecule has 0 N–H and O–H groups in total. The smallest absolute Gasteiger partial charge is 0.233 e. The number of hydrogen-bond acceptors (Lipinski definition) is 4. The molecule has 0 saturated carbocycles. The Kier molecular flexibility index (Phi) is 5.23. The van der Waals surface area contributed by atoms with E-state index >= 15 is 0 Å². The monoisotopic (exact) mass is 344 g/mol. The Morgan fingerprint density at radius 3 is 2.67 bits per heavy atom. The van der Waals surface area contributed by atoms with E-state index < -0.39 is 0 Å². The van der Waals surface area contributed by atoms with Crippen LogP contribution in [0.1, 0.15) is 25.3 Å². The fourth-order valence-electron chi connectivity index (χ4n) is 2.97. The van der Waals surface area contributed by atoms with Gasteiger partial charge in [-0.3, -0.25) is 4.79 Å². The summed E-state index contributed by atoms with van der Waals surface area (Å²) in [6, 6.07) is 8.14. The molecule has 0 spiro atoms. The van der Waals surface area contributed by atoms with Crippen LogP contribution in [0.2, 0.25) is 0 Å². The van der Waals surface area contributed by atoms with Crippen LogP contribution in [0.15, 0.2) is 29.4 Å². The molecule has 2 heterocycles. The van der Waals surface area contributed by atoms with Gasteiger partial charge in [0.05, 0.1) is 5.75 Å².